The zero-order valence-corrected chi connectivity index (χ0v) is 23.6. The molecular formula is C32H38F2N4O3. The number of halogens is 2. The van der Waals surface area contributed by atoms with Crippen LogP contribution in [0.1, 0.15) is 87.1 Å². The number of guanidine groups is 1. The monoisotopic (exact) mass is 564 g/mol. The summed E-state index contributed by atoms with van der Waals surface area (Å²) in [4.78, 5) is 29.0. The van der Waals surface area contributed by atoms with Gasteiger partial charge >= 0.3 is 0 Å². The number of ether oxygens (including phenoxy) is 1. The third-order valence-corrected chi connectivity index (χ3v) is 8.06. The van der Waals surface area contributed by atoms with Crippen molar-refractivity contribution in [3.05, 3.63) is 70.8 Å². The molecule has 218 valence electrons. The molecule has 2 heterocycles. The molecule has 2 amide bonds. The maximum absolute atomic E-state index is 14.7. The van der Waals surface area contributed by atoms with Crippen molar-refractivity contribution in [2.24, 2.45) is 16.6 Å². The van der Waals surface area contributed by atoms with E-state index in [0.29, 0.717) is 37.7 Å². The summed E-state index contributed by atoms with van der Waals surface area (Å²) in [5, 5.41) is 5.67. The molecule has 3 aliphatic rings. The number of nitrogens with two attached hydrogens (primary N) is 1. The second-order valence-electron chi connectivity index (χ2n) is 12.1. The Hall–Kier alpha value is -3.75. The molecule has 3 atom stereocenters. The average Bonchev–Trinajstić information content (AvgIpc) is 2.89. The standard InChI is InChI=1S/C32H38F2N4O3/c1-31(2)19-26(37-28(39)14-12-21-15-22-8-4-6-10-25(22)32(33,34)18-21)24-16-20(11-13-27(24)41-31)7-3-5-9-23-17-29(40)38-30(35)36-23/h3-4,6-8,10-11,13,16,21,23,26H,5,9,12,14-15,17-19H2,1-2H3,(H,37,39)(H3,35,36,38,40)/b7-3+. The van der Waals surface area contributed by atoms with Crippen LogP contribution in [0, 0.1) is 5.92 Å². The number of hydrogen-bond acceptors (Lipinski definition) is 5. The number of aliphatic imine (C=N–C) groups is 1. The largest absolute Gasteiger partial charge is 0.487 e. The number of alkyl halides is 2. The quantitative estimate of drug-likeness (QED) is 0.392. The molecule has 1 aliphatic carbocycles. The highest BCUT2D eigenvalue weighted by Crippen LogP contribution is 2.44. The van der Waals surface area contributed by atoms with Crippen molar-refractivity contribution in [1.82, 2.24) is 10.6 Å². The van der Waals surface area contributed by atoms with Gasteiger partial charge in [0.05, 0.1) is 12.1 Å². The molecule has 4 N–H and O–H groups in total. The van der Waals surface area contributed by atoms with Gasteiger partial charge in [-0.15, -0.1) is 0 Å². The van der Waals surface area contributed by atoms with Gasteiger partial charge in [-0.1, -0.05) is 42.5 Å². The molecule has 9 heteroatoms. The third kappa shape index (κ3) is 7.13. The molecule has 0 saturated heterocycles. The minimum absolute atomic E-state index is 0.112. The van der Waals surface area contributed by atoms with E-state index in [4.69, 9.17) is 10.5 Å². The van der Waals surface area contributed by atoms with Crippen LogP contribution in [0.5, 0.6) is 5.75 Å². The fourth-order valence-electron chi connectivity index (χ4n) is 6.18. The van der Waals surface area contributed by atoms with Crippen molar-refractivity contribution < 1.29 is 23.1 Å². The predicted octanol–water partition coefficient (Wildman–Crippen LogP) is 5.54. The van der Waals surface area contributed by atoms with Crippen molar-refractivity contribution in [2.45, 2.75) is 88.8 Å². The van der Waals surface area contributed by atoms with Gasteiger partial charge in [0.25, 0.3) is 5.92 Å². The number of carbonyl (C=O) groups is 2. The summed E-state index contributed by atoms with van der Waals surface area (Å²) in [7, 11) is 0. The summed E-state index contributed by atoms with van der Waals surface area (Å²) in [5.74, 6) is -2.47. The Morgan fingerprint density at radius 3 is 2.78 bits per heavy atom. The Labute approximate surface area is 239 Å². The lowest BCUT2D eigenvalue weighted by molar-refractivity contribution is -0.123. The maximum Gasteiger partial charge on any atom is 0.273 e. The second kappa shape index (κ2) is 11.6. The number of carbonyl (C=O) groups excluding carboxylic acids is 2. The summed E-state index contributed by atoms with van der Waals surface area (Å²) in [5.41, 5.74) is 7.86. The van der Waals surface area contributed by atoms with Crippen molar-refractivity contribution >= 4 is 23.8 Å². The van der Waals surface area contributed by atoms with Gasteiger partial charge in [-0.2, -0.15) is 0 Å². The van der Waals surface area contributed by atoms with Crippen LogP contribution in [0.4, 0.5) is 8.78 Å². The van der Waals surface area contributed by atoms with Crippen molar-refractivity contribution in [2.75, 3.05) is 0 Å². The van der Waals surface area contributed by atoms with Crippen LogP contribution in [-0.4, -0.2) is 29.4 Å². The SMILES string of the molecule is CC1(C)CC(NC(=O)CCC2Cc3ccccc3C(F)(F)C2)c2cc(/C=C/CCC3CC(=O)NC(N)=N3)ccc2O1. The molecule has 0 aromatic heterocycles. The molecule has 0 fully saturated rings. The van der Waals surface area contributed by atoms with Gasteiger partial charge in [0.15, 0.2) is 5.96 Å². The molecule has 41 heavy (non-hydrogen) atoms. The number of amides is 2. The molecular weight excluding hydrogens is 526 g/mol. The summed E-state index contributed by atoms with van der Waals surface area (Å²) >= 11 is 0. The lowest BCUT2D eigenvalue weighted by Crippen LogP contribution is -2.43. The van der Waals surface area contributed by atoms with Crippen molar-refractivity contribution in [3.63, 3.8) is 0 Å². The predicted molar refractivity (Wildman–Crippen MR) is 154 cm³/mol. The smallest absolute Gasteiger partial charge is 0.273 e. The lowest BCUT2D eigenvalue weighted by Gasteiger charge is -2.38. The van der Waals surface area contributed by atoms with E-state index >= 15 is 0 Å². The normalized spacial score (nSPS) is 24.4. The molecule has 0 bridgehead atoms. The van der Waals surface area contributed by atoms with Gasteiger partial charge in [-0.25, -0.2) is 13.8 Å². The molecule has 0 spiro atoms. The Morgan fingerprint density at radius 2 is 1.98 bits per heavy atom. The van der Waals surface area contributed by atoms with E-state index in [0.717, 1.165) is 23.3 Å². The topological polar surface area (TPSA) is 106 Å². The fourth-order valence-corrected chi connectivity index (χ4v) is 6.18. The highest BCUT2D eigenvalue weighted by atomic mass is 19.3. The Balaban J connectivity index is 1.20. The first-order valence-electron chi connectivity index (χ1n) is 14.4. The van der Waals surface area contributed by atoms with E-state index in [9.17, 15) is 18.4 Å². The molecule has 3 unspecified atom stereocenters. The Kier molecular flexibility index (Phi) is 8.16. The molecule has 2 aromatic carbocycles. The maximum atomic E-state index is 14.7. The van der Waals surface area contributed by atoms with Gasteiger partial charge in [0.1, 0.15) is 11.4 Å². The molecule has 7 nitrogen and oxygen atoms in total. The van der Waals surface area contributed by atoms with E-state index in [2.05, 4.69) is 15.6 Å². The first-order chi connectivity index (χ1) is 19.5. The van der Waals surface area contributed by atoms with E-state index in [1.165, 1.54) is 6.07 Å². The lowest BCUT2D eigenvalue weighted by atomic mass is 9.79. The molecule has 2 aliphatic heterocycles. The van der Waals surface area contributed by atoms with Crippen LogP contribution in [0.2, 0.25) is 0 Å². The van der Waals surface area contributed by atoms with Gasteiger partial charge in [0.2, 0.25) is 11.8 Å². The number of nitrogens with zero attached hydrogens (tertiary/aromatic N) is 1. The Bertz CT molecular complexity index is 1370. The van der Waals surface area contributed by atoms with E-state index in [1.807, 2.05) is 44.2 Å². The van der Waals surface area contributed by atoms with E-state index in [1.54, 1.807) is 18.2 Å². The number of allylic oxidation sites excluding steroid dienone is 1. The van der Waals surface area contributed by atoms with E-state index in [-0.39, 0.29) is 54.2 Å². The number of rotatable bonds is 8. The molecule has 2 aromatic rings. The van der Waals surface area contributed by atoms with Crippen LogP contribution in [0.25, 0.3) is 6.08 Å². The number of hydrogen-bond donors (Lipinski definition) is 3. The van der Waals surface area contributed by atoms with Crippen LogP contribution in [-0.2, 0) is 21.9 Å². The average molecular weight is 565 g/mol. The summed E-state index contributed by atoms with van der Waals surface area (Å²) in [6.45, 7) is 3.98. The fraction of sp³-hybridized carbons (Fsp3) is 0.469. The van der Waals surface area contributed by atoms with Gasteiger partial charge in [-0.05, 0) is 68.7 Å². The van der Waals surface area contributed by atoms with Crippen LogP contribution < -0.4 is 21.1 Å². The van der Waals surface area contributed by atoms with Crippen molar-refractivity contribution in [3.8, 4) is 5.75 Å². The summed E-state index contributed by atoms with van der Waals surface area (Å²) in [6, 6.07) is 12.3. The molecule has 5 rings (SSSR count). The summed E-state index contributed by atoms with van der Waals surface area (Å²) < 4.78 is 35.6. The van der Waals surface area contributed by atoms with Gasteiger partial charge in [0, 0.05) is 36.8 Å². The zero-order chi connectivity index (χ0) is 29.2. The van der Waals surface area contributed by atoms with Crippen LogP contribution in [0.3, 0.4) is 0 Å². The number of fused-ring (bicyclic) bond motifs is 2. The van der Waals surface area contributed by atoms with E-state index < -0.39 is 11.5 Å². The number of nitrogens with one attached hydrogen (secondary N) is 2. The number of benzene rings is 2. The highest BCUT2D eigenvalue weighted by Gasteiger charge is 2.41. The second-order valence-corrected chi connectivity index (χ2v) is 12.1. The van der Waals surface area contributed by atoms with Gasteiger partial charge in [-0.3, -0.25) is 14.9 Å². The minimum atomic E-state index is -2.87. The Morgan fingerprint density at radius 1 is 1.17 bits per heavy atom. The zero-order valence-electron chi connectivity index (χ0n) is 23.6. The minimum Gasteiger partial charge on any atom is -0.487 e. The van der Waals surface area contributed by atoms with Crippen LogP contribution >= 0.6 is 0 Å². The third-order valence-electron chi connectivity index (χ3n) is 8.06. The first-order valence-corrected chi connectivity index (χ1v) is 14.4. The molecule has 0 radical (unpaired) electrons. The first kappa shape index (κ1) is 28.8. The molecule has 0 saturated carbocycles. The van der Waals surface area contributed by atoms with Crippen molar-refractivity contribution in [1.29, 1.82) is 0 Å². The highest BCUT2D eigenvalue weighted by molar-refractivity contribution is 5.98. The summed E-state index contributed by atoms with van der Waals surface area (Å²) in [6.07, 6.45) is 7.37. The van der Waals surface area contributed by atoms with Crippen LogP contribution in [0.15, 0.2) is 53.5 Å². The van der Waals surface area contributed by atoms with Gasteiger partial charge < -0.3 is 15.8 Å².